The molecule has 1 heterocycles. The van der Waals surface area contributed by atoms with Crippen LogP contribution >= 0.6 is 0 Å². The molecule has 2 N–H and O–H groups in total. The Morgan fingerprint density at radius 1 is 1.17 bits per heavy atom. The van der Waals surface area contributed by atoms with Crippen LogP contribution in [-0.4, -0.2) is 36.7 Å². The average Bonchev–Trinajstić information content (AvgIpc) is 2.54. The molecule has 1 aliphatic heterocycles. The van der Waals surface area contributed by atoms with Crippen molar-refractivity contribution in [2.45, 2.75) is 44.4 Å². The summed E-state index contributed by atoms with van der Waals surface area (Å²) < 4.78 is 5.49. The zero-order valence-electron chi connectivity index (χ0n) is 13.6. The van der Waals surface area contributed by atoms with Gasteiger partial charge in [0.15, 0.2) is 0 Å². The smallest absolute Gasteiger partial charge is 0.303 e. The van der Waals surface area contributed by atoms with Crippen LogP contribution in [0.25, 0.3) is 0 Å². The van der Waals surface area contributed by atoms with E-state index in [1.165, 1.54) is 11.1 Å². The van der Waals surface area contributed by atoms with E-state index in [9.17, 15) is 9.59 Å². The van der Waals surface area contributed by atoms with Crippen LogP contribution in [0.2, 0.25) is 0 Å². The van der Waals surface area contributed by atoms with Gasteiger partial charge in [0.1, 0.15) is 0 Å². The third kappa shape index (κ3) is 5.06. The number of ether oxygens (including phenoxy) is 1. The van der Waals surface area contributed by atoms with Crippen molar-refractivity contribution in [1.29, 1.82) is 0 Å². The maximum Gasteiger partial charge on any atom is 0.303 e. The van der Waals surface area contributed by atoms with Gasteiger partial charge in [-0.15, -0.1) is 0 Å². The summed E-state index contributed by atoms with van der Waals surface area (Å²) in [4.78, 5) is 22.5. The molecule has 0 atom stereocenters. The summed E-state index contributed by atoms with van der Waals surface area (Å²) in [7, 11) is 0. The summed E-state index contributed by atoms with van der Waals surface area (Å²) in [5.41, 5.74) is 2.36. The van der Waals surface area contributed by atoms with Crippen LogP contribution < -0.4 is 5.32 Å². The zero-order valence-corrected chi connectivity index (χ0v) is 13.6. The number of carbonyl (C=O) groups excluding carboxylic acids is 1. The molecule has 23 heavy (non-hydrogen) atoms. The van der Waals surface area contributed by atoms with Gasteiger partial charge >= 0.3 is 5.97 Å². The van der Waals surface area contributed by atoms with Gasteiger partial charge in [-0.2, -0.15) is 0 Å². The van der Waals surface area contributed by atoms with Crippen LogP contribution in [-0.2, 0) is 19.7 Å². The van der Waals surface area contributed by atoms with Gasteiger partial charge in [-0.05, 0) is 31.7 Å². The Hall–Kier alpha value is -1.88. The predicted octanol–water partition coefficient (Wildman–Crippen LogP) is 2.41. The van der Waals surface area contributed by atoms with Crippen LogP contribution in [0.15, 0.2) is 24.3 Å². The highest BCUT2D eigenvalue weighted by Gasteiger charge is 2.34. The standard InChI is InChI=1S/C18H25NO4/c1-14-5-7-15(8-6-14)18(9-11-23-12-10-18)13-19-16(20)3-2-4-17(21)22/h5-8H,2-4,9-13H2,1H3,(H,19,20)(H,21,22). The number of rotatable bonds is 7. The minimum atomic E-state index is -0.863. The summed E-state index contributed by atoms with van der Waals surface area (Å²) in [6, 6.07) is 8.47. The number of carbonyl (C=O) groups is 2. The lowest BCUT2D eigenvalue weighted by Gasteiger charge is -2.38. The number of carboxylic acids is 1. The first kappa shape index (κ1) is 17.5. The minimum absolute atomic E-state index is 0.0321. The van der Waals surface area contributed by atoms with Gasteiger partial charge in [-0.25, -0.2) is 0 Å². The van der Waals surface area contributed by atoms with E-state index in [0.29, 0.717) is 26.2 Å². The fourth-order valence-corrected chi connectivity index (χ4v) is 2.99. The third-order valence-corrected chi connectivity index (χ3v) is 4.53. The number of hydrogen-bond donors (Lipinski definition) is 2. The summed E-state index contributed by atoms with van der Waals surface area (Å²) in [5.74, 6) is -0.942. The second-order valence-corrected chi connectivity index (χ2v) is 6.28. The number of nitrogens with one attached hydrogen (secondary N) is 1. The highest BCUT2D eigenvalue weighted by Crippen LogP contribution is 2.34. The SMILES string of the molecule is Cc1ccc(C2(CNC(=O)CCCC(=O)O)CCOCC2)cc1. The molecule has 1 aliphatic rings. The monoisotopic (exact) mass is 319 g/mol. The summed E-state index contributed by atoms with van der Waals surface area (Å²) in [6.07, 6.45) is 2.43. The molecule has 1 aromatic rings. The fraction of sp³-hybridized carbons (Fsp3) is 0.556. The van der Waals surface area contributed by atoms with Gasteiger partial charge in [0, 0.05) is 38.0 Å². The van der Waals surface area contributed by atoms with Gasteiger partial charge in [0.05, 0.1) is 0 Å². The number of aliphatic carboxylic acids is 1. The van der Waals surface area contributed by atoms with Crippen LogP contribution in [0.5, 0.6) is 0 Å². The number of hydrogen-bond acceptors (Lipinski definition) is 3. The molecule has 0 radical (unpaired) electrons. The van der Waals surface area contributed by atoms with Crippen molar-refractivity contribution >= 4 is 11.9 Å². The van der Waals surface area contributed by atoms with E-state index in [4.69, 9.17) is 9.84 Å². The lowest BCUT2D eigenvalue weighted by atomic mass is 9.74. The molecule has 0 bridgehead atoms. The second kappa shape index (κ2) is 8.11. The van der Waals surface area contributed by atoms with Crippen molar-refractivity contribution in [2.75, 3.05) is 19.8 Å². The highest BCUT2D eigenvalue weighted by atomic mass is 16.5. The molecule has 0 unspecified atom stereocenters. The van der Waals surface area contributed by atoms with Crippen molar-refractivity contribution in [3.8, 4) is 0 Å². The van der Waals surface area contributed by atoms with Crippen molar-refractivity contribution in [2.24, 2.45) is 0 Å². The lowest BCUT2D eigenvalue weighted by Crippen LogP contribution is -2.44. The first-order valence-electron chi connectivity index (χ1n) is 8.15. The highest BCUT2D eigenvalue weighted by molar-refractivity contribution is 5.76. The van der Waals surface area contributed by atoms with E-state index < -0.39 is 5.97 Å². The number of aryl methyl sites for hydroxylation is 1. The van der Waals surface area contributed by atoms with Crippen LogP contribution in [0.4, 0.5) is 0 Å². The van der Waals surface area contributed by atoms with E-state index in [1.807, 2.05) is 0 Å². The zero-order chi connectivity index (χ0) is 16.7. The summed E-state index contributed by atoms with van der Waals surface area (Å²) in [5, 5.41) is 11.6. The molecule has 1 fully saturated rings. The maximum atomic E-state index is 12.0. The van der Waals surface area contributed by atoms with Crippen molar-refractivity contribution < 1.29 is 19.4 Å². The minimum Gasteiger partial charge on any atom is -0.481 e. The summed E-state index contributed by atoms with van der Waals surface area (Å²) >= 11 is 0. The molecule has 1 amide bonds. The fourth-order valence-electron chi connectivity index (χ4n) is 2.99. The van der Waals surface area contributed by atoms with Gasteiger partial charge < -0.3 is 15.2 Å². The van der Waals surface area contributed by atoms with Crippen LogP contribution in [0, 0.1) is 6.92 Å². The molecule has 5 nitrogen and oxygen atoms in total. The Labute approximate surface area is 137 Å². The molecule has 5 heteroatoms. The predicted molar refractivity (Wildman–Crippen MR) is 87.4 cm³/mol. The lowest BCUT2D eigenvalue weighted by molar-refractivity contribution is -0.137. The molecule has 1 saturated heterocycles. The Balaban J connectivity index is 1.97. The molecule has 0 aromatic heterocycles. The average molecular weight is 319 g/mol. The Morgan fingerprint density at radius 2 is 1.83 bits per heavy atom. The Morgan fingerprint density at radius 3 is 2.43 bits per heavy atom. The molecular formula is C18H25NO4. The number of carboxylic acid groups (broad SMARTS) is 1. The van der Waals surface area contributed by atoms with Crippen molar-refractivity contribution in [3.05, 3.63) is 35.4 Å². The Bertz CT molecular complexity index is 532. The molecule has 0 spiro atoms. The first-order valence-corrected chi connectivity index (χ1v) is 8.15. The van der Waals surface area contributed by atoms with Gasteiger partial charge in [0.25, 0.3) is 0 Å². The molecule has 0 aliphatic carbocycles. The van der Waals surface area contributed by atoms with Gasteiger partial charge in [-0.1, -0.05) is 29.8 Å². The third-order valence-electron chi connectivity index (χ3n) is 4.53. The van der Waals surface area contributed by atoms with E-state index in [0.717, 1.165) is 12.8 Å². The van der Waals surface area contributed by atoms with Crippen molar-refractivity contribution in [1.82, 2.24) is 5.32 Å². The maximum absolute atomic E-state index is 12.0. The van der Waals surface area contributed by atoms with E-state index >= 15 is 0 Å². The number of benzene rings is 1. The molecule has 0 saturated carbocycles. The summed E-state index contributed by atoms with van der Waals surface area (Å²) in [6.45, 7) is 4.03. The topological polar surface area (TPSA) is 75.6 Å². The van der Waals surface area contributed by atoms with E-state index in [1.54, 1.807) is 0 Å². The van der Waals surface area contributed by atoms with E-state index in [2.05, 4.69) is 36.5 Å². The van der Waals surface area contributed by atoms with Gasteiger partial charge in [0.2, 0.25) is 5.91 Å². The molecule has 1 aromatic carbocycles. The Kier molecular flexibility index (Phi) is 6.16. The number of amides is 1. The largest absolute Gasteiger partial charge is 0.481 e. The second-order valence-electron chi connectivity index (χ2n) is 6.28. The van der Waals surface area contributed by atoms with Gasteiger partial charge in [-0.3, -0.25) is 9.59 Å². The van der Waals surface area contributed by atoms with Crippen LogP contribution in [0.3, 0.4) is 0 Å². The molecular weight excluding hydrogens is 294 g/mol. The molecule has 2 rings (SSSR count). The quantitative estimate of drug-likeness (QED) is 0.809. The first-order chi connectivity index (χ1) is 11.0. The molecule has 126 valence electrons. The van der Waals surface area contributed by atoms with Crippen LogP contribution in [0.1, 0.15) is 43.2 Å². The van der Waals surface area contributed by atoms with E-state index in [-0.39, 0.29) is 24.2 Å². The normalized spacial score (nSPS) is 16.7. The van der Waals surface area contributed by atoms with Crippen molar-refractivity contribution in [3.63, 3.8) is 0 Å².